The lowest BCUT2D eigenvalue weighted by Crippen LogP contribution is -2.17. The van der Waals surface area contributed by atoms with Gasteiger partial charge in [0.15, 0.2) is 0 Å². The standard InChI is InChI=1S/C17H17ClN2O2S/c1-11-14(18)3-2-4-15(11)20-17(21)12-5-7-19-16(9-12)22-13-6-8-23-10-13/h2-5,7,9,13H,6,8,10H2,1H3,(H,20,21). The van der Waals surface area contributed by atoms with E-state index in [0.29, 0.717) is 22.2 Å². The van der Waals surface area contributed by atoms with E-state index >= 15 is 0 Å². The zero-order valence-electron chi connectivity index (χ0n) is 12.7. The summed E-state index contributed by atoms with van der Waals surface area (Å²) < 4.78 is 5.83. The smallest absolute Gasteiger partial charge is 0.255 e. The van der Waals surface area contributed by atoms with Crippen LogP contribution in [-0.4, -0.2) is 28.5 Å². The molecule has 4 nitrogen and oxygen atoms in total. The number of nitrogens with zero attached hydrogens (tertiary/aromatic N) is 1. The normalized spacial score (nSPS) is 17.0. The minimum Gasteiger partial charge on any atom is -0.473 e. The molecule has 1 aromatic carbocycles. The second-order valence-electron chi connectivity index (χ2n) is 5.35. The van der Waals surface area contributed by atoms with Gasteiger partial charge in [-0.15, -0.1) is 0 Å². The van der Waals surface area contributed by atoms with Gasteiger partial charge in [0.25, 0.3) is 5.91 Å². The first-order valence-electron chi connectivity index (χ1n) is 7.40. The third kappa shape index (κ3) is 3.98. The number of benzene rings is 1. The average molecular weight is 349 g/mol. The summed E-state index contributed by atoms with van der Waals surface area (Å²) in [5.41, 5.74) is 2.06. The van der Waals surface area contributed by atoms with Crippen molar-refractivity contribution >= 4 is 35.0 Å². The van der Waals surface area contributed by atoms with Crippen LogP contribution in [0.25, 0.3) is 0 Å². The summed E-state index contributed by atoms with van der Waals surface area (Å²) >= 11 is 7.95. The van der Waals surface area contributed by atoms with Crippen LogP contribution in [0.15, 0.2) is 36.5 Å². The number of amides is 1. The summed E-state index contributed by atoms with van der Waals surface area (Å²) in [7, 11) is 0. The van der Waals surface area contributed by atoms with Gasteiger partial charge in [0, 0.05) is 34.3 Å². The van der Waals surface area contributed by atoms with Gasteiger partial charge < -0.3 is 10.1 Å². The van der Waals surface area contributed by atoms with Crippen LogP contribution in [0.3, 0.4) is 0 Å². The van der Waals surface area contributed by atoms with Crippen LogP contribution in [0.4, 0.5) is 5.69 Å². The second kappa shape index (κ2) is 7.23. The van der Waals surface area contributed by atoms with E-state index in [1.165, 1.54) is 0 Å². The molecule has 1 fully saturated rings. The van der Waals surface area contributed by atoms with Crippen LogP contribution in [0.5, 0.6) is 5.88 Å². The van der Waals surface area contributed by atoms with Crippen molar-refractivity contribution in [3.63, 3.8) is 0 Å². The number of pyridine rings is 1. The molecular weight excluding hydrogens is 332 g/mol. The lowest BCUT2D eigenvalue weighted by molar-refractivity contribution is 0.102. The Hall–Kier alpha value is -1.72. The summed E-state index contributed by atoms with van der Waals surface area (Å²) in [5.74, 6) is 2.37. The molecule has 1 amide bonds. The number of ether oxygens (including phenoxy) is 1. The number of hydrogen-bond donors (Lipinski definition) is 1. The van der Waals surface area contributed by atoms with E-state index in [-0.39, 0.29) is 12.0 Å². The largest absolute Gasteiger partial charge is 0.473 e. The van der Waals surface area contributed by atoms with Crippen molar-refractivity contribution in [3.8, 4) is 5.88 Å². The monoisotopic (exact) mass is 348 g/mol. The zero-order valence-corrected chi connectivity index (χ0v) is 14.3. The Bertz CT molecular complexity index is 717. The number of hydrogen-bond acceptors (Lipinski definition) is 4. The Kier molecular flexibility index (Phi) is 5.08. The zero-order chi connectivity index (χ0) is 16.2. The maximum Gasteiger partial charge on any atom is 0.255 e. The van der Waals surface area contributed by atoms with Crippen LogP contribution in [0, 0.1) is 6.92 Å². The van der Waals surface area contributed by atoms with Gasteiger partial charge >= 0.3 is 0 Å². The van der Waals surface area contributed by atoms with Gasteiger partial charge in [-0.2, -0.15) is 11.8 Å². The minimum atomic E-state index is -0.205. The fourth-order valence-electron chi connectivity index (χ4n) is 2.33. The highest BCUT2D eigenvalue weighted by Crippen LogP contribution is 2.25. The van der Waals surface area contributed by atoms with Crippen LogP contribution >= 0.6 is 23.4 Å². The number of anilines is 1. The molecule has 1 saturated heterocycles. The van der Waals surface area contributed by atoms with Crippen molar-refractivity contribution in [2.75, 3.05) is 16.8 Å². The van der Waals surface area contributed by atoms with E-state index in [2.05, 4.69) is 10.3 Å². The molecule has 23 heavy (non-hydrogen) atoms. The van der Waals surface area contributed by atoms with Crippen molar-refractivity contribution in [1.29, 1.82) is 0 Å². The summed E-state index contributed by atoms with van der Waals surface area (Å²) in [5, 5.41) is 3.50. The molecule has 2 aromatic rings. The molecule has 1 unspecified atom stereocenters. The fourth-order valence-corrected chi connectivity index (χ4v) is 3.60. The van der Waals surface area contributed by atoms with E-state index in [1.807, 2.05) is 30.8 Å². The highest BCUT2D eigenvalue weighted by atomic mass is 35.5. The predicted octanol–water partition coefficient (Wildman–Crippen LogP) is 4.18. The maximum absolute atomic E-state index is 12.4. The van der Waals surface area contributed by atoms with Gasteiger partial charge in [0.1, 0.15) is 6.10 Å². The van der Waals surface area contributed by atoms with Crippen molar-refractivity contribution < 1.29 is 9.53 Å². The second-order valence-corrected chi connectivity index (χ2v) is 6.91. The first-order valence-corrected chi connectivity index (χ1v) is 8.93. The summed E-state index contributed by atoms with van der Waals surface area (Å²) in [6.07, 6.45) is 2.79. The van der Waals surface area contributed by atoms with Crippen LogP contribution < -0.4 is 10.1 Å². The molecule has 3 rings (SSSR count). The Balaban J connectivity index is 1.73. The number of thioether (sulfide) groups is 1. The van der Waals surface area contributed by atoms with Gasteiger partial charge in [-0.05, 0) is 42.9 Å². The first-order chi connectivity index (χ1) is 11.1. The molecule has 120 valence electrons. The highest BCUT2D eigenvalue weighted by molar-refractivity contribution is 7.99. The third-order valence-electron chi connectivity index (χ3n) is 3.69. The predicted molar refractivity (Wildman–Crippen MR) is 94.7 cm³/mol. The Labute approximate surface area is 144 Å². The van der Waals surface area contributed by atoms with E-state index in [0.717, 1.165) is 23.5 Å². The summed E-state index contributed by atoms with van der Waals surface area (Å²) in [6, 6.07) is 8.78. The van der Waals surface area contributed by atoms with E-state index in [9.17, 15) is 4.79 Å². The number of carbonyl (C=O) groups excluding carboxylic acids is 1. The number of aromatic nitrogens is 1. The Morgan fingerprint density at radius 3 is 3.09 bits per heavy atom. The Morgan fingerprint density at radius 2 is 2.30 bits per heavy atom. The maximum atomic E-state index is 12.4. The van der Waals surface area contributed by atoms with Crippen LogP contribution in [-0.2, 0) is 0 Å². The van der Waals surface area contributed by atoms with Gasteiger partial charge in [0.05, 0.1) is 0 Å². The van der Waals surface area contributed by atoms with E-state index < -0.39 is 0 Å². The van der Waals surface area contributed by atoms with Crippen molar-refractivity contribution in [2.24, 2.45) is 0 Å². The molecule has 1 N–H and O–H groups in total. The van der Waals surface area contributed by atoms with Crippen molar-refractivity contribution in [1.82, 2.24) is 4.98 Å². The van der Waals surface area contributed by atoms with E-state index in [4.69, 9.17) is 16.3 Å². The highest BCUT2D eigenvalue weighted by Gasteiger charge is 2.18. The SMILES string of the molecule is Cc1c(Cl)cccc1NC(=O)c1ccnc(OC2CCSC2)c1. The molecule has 1 aliphatic rings. The van der Waals surface area contributed by atoms with E-state index in [1.54, 1.807) is 24.4 Å². The van der Waals surface area contributed by atoms with Crippen LogP contribution in [0.1, 0.15) is 22.3 Å². The minimum absolute atomic E-state index is 0.181. The summed E-state index contributed by atoms with van der Waals surface area (Å²) in [4.78, 5) is 16.6. The molecule has 0 radical (unpaired) electrons. The molecule has 6 heteroatoms. The topological polar surface area (TPSA) is 51.2 Å². The quantitative estimate of drug-likeness (QED) is 0.900. The lowest BCUT2D eigenvalue weighted by atomic mass is 10.2. The van der Waals surface area contributed by atoms with Crippen molar-refractivity contribution in [3.05, 3.63) is 52.7 Å². The number of nitrogens with one attached hydrogen (secondary N) is 1. The van der Waals surface area contributed by atoms with Gasteiger partial charge in [-0.1, -0.05) is 17.7 Å². The van der Waals surface area contributed by atoms with Gasteiger partial charge in [0.2, 0.25) is 5.88 Å². The molecular formula is C17H17ClN2O2S. The number of rotatable bonds is 4. The lowest BCUT2D eigenvalue weighted by Gasteiger charge is -2.13. The molecule has 0 aliphatic carbocycles. The van der Waals surface area contributed by atoms with Gasteiger partial charge in [-0.3, -0.25) is 4.79 Å². The van der Waals surface area contributed by atoms with Crippen LogP contribution in [0.2, 0.25) is 5.02 Å². The molecule has 1 atom stereocenters. The Morgan fingerprint density at radius 1 is 1.43 bits per heavy atom. The molecule has 1 aromatic heterocycles. The fraction of sp³-hybridized carbons (Fsp3) is 0.294. The number of halogens is 1. The third-order valence-corrected chi connectivity index (χ3v) is 5.23. The molecule has 1 aliphatic heterocycles. The molecule has 0 bridgehead atoms. The molecule has 0 saturated carbocycles. The number of carbonyl (C=O) groups is 1. The first kappa shape index (κ1) is 16.1. The molecule has 2 heterocycles. The average Bonchev–Trinajstić information content (AvgIpc) is 3.05. The molecule has 0 spiro atoms. The van der Waals surface area contributed by atoms with Gasteiger partial charge in [-0.25, -0.2) is 4.98 Å². The van der Waals surface area contributed by atoms with Crippen molar-refractivity contribution in [2.45, 2.75) is 19.4 Å². The summed E-state index contributed by atoms with van der Waals surface area (Å²) in [6.45, 7) is 1.87.